The molecule has 0 spiro atoms. The van der Waals surface area contributed by atoms with Gasteiger partial charge in [-0.25, -0.2) is 23.2 Å². The van der Waals surface area contributed by atoms with Crippen LogP contribution in [0.25, 0.3) is 11.0 Å². The smallest absolute Gasteiger partial charge is 0.348 e. The van der Waals surface area contributed by atoms with E-state index < -0.39 is 16.0 Å². The normalized spacial score (nSPS) is 12.8. The monoisotopic (exact) mass is 526 g/mol. The third-order valence-electron chi connectivity index (χ3n) is 5.25. The molecule has 5 rings (SSSR count). The number of aromatic nitrogens is 2. The first-order chi connectivity index (χ1) is 17.3. The predicted molar refractivity (Wildman–Crippen MR) is 136 cm³/mol. The van der Waals surface area contributed by atoms with Crippen molar-refractivity contribution in [2.24, 2.45) is 0 Å². The highest BCUT2D eigenvalue weighted by molar-refractivity contribution is 7.92. The topological polar surface area (TPSA) is 129 Å². The maximum Gasteiger partial charge on any atom is 0.348 e. The van der Waals surface area contributed by atoms with Crippen LogP contribution < -0.4 is 19.5 Å². The van der Waals surface area contributed by atoms with Crippen LogP contribution in [0.15, 0.2) is 53.4 Å². The van der Waals surface area contributed by atoms with E-state index in [0.717, 1.165) is 5.56 Å². The number of hydrogen-bond donors (Lipinski definition) is 2. The third-order valence-corrected chi connectivity index (χ3v) is 7.71. The highest BCUT2D eigenvalue weighted by Gasteiger charge is 2.23. The molecule has 12 heteroatoms. The lowest BCUT2D eigenvalue weighted by atomic mass is 10.3. The Bertz CT molecular complexity index is 1570. The zero-order chi connectivity index (χ0) is 25.3. The van der Waals surface area contributed by atoms with Gasteiger partial charge in [-0.2, -0.15) is 0 Å². The molecule has 0 aliphatic carbocycles. The second-order valence-corrected chi connectivity index (χ2v) is 10.5. The van der Waals surface area contributed by atoms with Gasteiger partial charge in [-0.15, -0.1) is 11.3 Å². The van der Waals surface area contributed by atoms with Crippen molar-refractivity contribution in [2.45, 2.75) is 18.7 Å². The number of rotatable bonds is 7. The SMILES string of the molecule is CCOC(=O)c1sc(Nc2nc3ccccc3nc2NS(=O)(=O)c2ccc3c(c2)OCCO3)cc1C. The van der Waals surface area contributed by atoms with Gasteiger partial charge in [0.2, 0.25) is 0 Å². The molecular formula is C24H22N4O6S2. The van der Waals surface area contributed by atoms with Gasteiger partial charge in [-0.05, 0) is 49.7 Å². The minimum Gasteiger partial charge on any atom is -0.486 e. The van der Waals surface area contributed by atoms with E-state index in [1.165, 1.54) is 23.5 Å². The van der Waals surface area contributed by atoms with Crippen molar-refractivity contribution in [3.8, 4) is 11.5 Å². The number of hydrogen-bond acceptors (Lipinski definition) is 10. The van der Waals surface area contributed by atoms with Gasteiger partial charge in [0.25, 0.3) is 10.0 Å². The second kappa shape index (κ2) is 9.63. The Balaban J connectivity index is 1.51. The fraction of sp³-hybridized carbons (Fsp3) is 0.208. The molecule has 2 aromatic heterocycles. The molecular weight excluding hydrogens is 504 g/mol. The molecule has 0 unspecified atom stereocenters. The first-order valence-corrected chi connectivity index (χ1v) is 13.4. The van der Waals surface area contributed by atoms with Crippen LogP contribution in [0.1, 0.15) is 22.2 Å². The number of para-hydroxylation sites is 2. The van der Waals surface area contributed by atoms with Crippen LogP contribution in [0.3, 0.4) is 0 Å². The van der Waals surface area contributed by atoms with Crippen molar-refractivity contribution in [2.75, 3.05) is 29.9 Å². The van der Waals surface area contributed by atoms with Crippen molar-refractivity contribution in [3.63, 3.8) is 0 Å². The molecule has 0 saturated carbocycles. The number of anilines is 3. The number of carbonyl (C=O) groups is 1. The van der Waals surface area contributed by atoms with Gasteiger partial charge in [0, 0.05) is 6.07 Å². The van der Waals surface area contributed by atoms with E-state index in [1.54, 1.807) is 44.2 Å². The van der Waals surface area contributed by atoms with E-state index >= 15 is 0 Å². The zero-order valence-corrected chi connectivity index (χ0v) is 21.0. The van der Waals surface area contributed by atoms with Crippen LogP contribution in [0.2, 0.25) is 0 Å². The molecule has 1 aliphatic heterocycles. The number of esters is 1. The van der Waals surface area contributed by atoms with Gasteiger partial charge >= 0.3 is 5.97 Å². The average Bonchev–Trinajstić information content (AvgIpc) is 3.24. The fourth-order valence-corrected chi connectivity index (χ4v) is 5.58. The summed E-state index contributed by atoms with van der Waals surface area (Å²) >= 11 is 1.19. The van der Waals surface area contributed by atoms with Gasteiger partial charge < -0.3 is 19.5 Å². The van der Waals surface area contributed by atoms with Crippen molar-refractivity contribution >= 4 is 55.0 Å². The van der Waals surface area contributed by atoms with Crippen LogP contribution in [-0.4, -0.2) is 44.2 Å². The Kier molecular flexibility index (Phi) is 6.37. The van der Waals surface area contributed by atoms with E-state index in [1.807, 2.05) is 6.07 Å². The number of ether oxygens (including phenoxy) is 3. The fourth-order valence-electron chi connectivity index (χ4n) is 3.60. The third kappa shape index (κ3) is 4.77. The zero-order valence-electron chi connectivity index (χ0n) is 19.4. The summed E-state index contributed by atoms with van der Waals surface area (Å²) < 4.78 is 45.2. The molecule has 0 saturated heterocycles. The first kappa shape index (κ1) is 23.8. The first-order valence-electron chi connectivity index (χ1n) is 11.1. The van der Waals surface area contributed by atoms with Crippen LogP contribution in [-0.2, 0) is 14.8 Å². The summed E-state index contributed by atoms with van der Waals surface area (Å²) in [5, 5.41) is 3.70. The summed E-state index contributed by atoms with van der Waals surface area (Å²) in [6, 6.07) is 13.3. The predicted octanol–water partition coefficient (Wildman–Crippen LogP) is 4.49. The number of aryl methyl sites for hydroxylation is 1. The van der Waals surface area contributed by atoms with E-state index in [4.69, 9.17) is 14.2 Å². The summed E-state index contributed by atoms with van der Waals surface area (Å²) in [4.78, 5) is 21.8. The van der Waals surface area contributed by atoms with Crippen molar-refractivity contribution in [3.05, 3.63) is 59.0 Å². The second-order valence-electron chi connectivity index (χ2n) is 7.79. The molecule has 36 heavy (non-hydrogen) atoms. The number of nitrogens with one attached hydrogen (secondary N) is 2. The van der Waals surface area contributed by atoms with E-state index in [9.17, 15) is 13.2 Å². The Hall–Kier alpha value is -3.90. The number of fused-ring (bicyclic) bond motifs is 2. The largest absolute Gasteiger partial charge is 0.486 e. The maximum atomic E-state index is 13.3. The van der Waals surface area contributed by atoms with Crippen LogP contribution in [0, 0.1) is 6.92 Å². The van der Waals surface area contributed by atoms with Gasteiger partial charge in [0.15, 0.2) is 23.1 Å². The van der Waals surface area contributed by atoms with E-state index in [-0.39, 0.29) is 23.1 Å². The molecule has 0 fully saturated rings. The minimum atomic E-state index is -4.05. The number of sulfonamides is 1. The number of thiophene rings is 1. The Morgan fingerprint density at radius 1 is 1.03 bits per heavy atom. The highest BCUT2D eigenvalue weighted by atomic mass is 32.2. The van der Waals surface area contributed by atoms with Gasteiger partial charge in [-0.3, -0.25) is 4.72 Å². The number of benzene rings is 2. The molecule has 2 N–H and O–H groups in total. The molecule has 0 bridgehead atoms. The Morgan fingerprint density at radius 3 is 2.44 bits per heavy atom. The summed E-state index contributed by atoms with van der Waals surface area (Å²) in [6.45, 7) is 4.54. The standard InChI is InChI=1S/C24H22N4O6S2/c1-3-32-24(29)21-14(2)12-20(35-21)27-22-23(26-17-7-5-4-6-16(17)25-22)28-36(30,31)15-8-9-18-19(13-15)34-11-10-33-18/h4-9,12-13H,3,10-11H2,1-2H3,(H,25,27)(H,26,28). The van der Waals surface area contributed by atoms with E-state index in [2.05, 4.69) is 20.0 Å². The van der Waals surface area contributed by atoms with Gasteiger partial charge in [-0.1, -0.05) is 12.1 Å². The lowest BCUT2D eigenvalue weighted by molar-refractivity contribution is 0.0531. The van der Waals surface area contributed by atoms with Crippen LogP contribution in [0.5, 0.6) is 11.5 Å². The van der Waals surface area contributed by atoms with Gasteiger partial charge in [0.1, 0.15) is 18.1 Å². The van der Waals surface area contributed by atoms with Crippen molar-refractivity contribution in [1.29, 1.82) is 0 Å². The number of nitrogens with zero attached hydrogens (tertiary/aromatic N) is 2. The highest BCUT2D eigenvalue weighted by Crippen LogP contribution is 2.35. The molecule has 4 aromatic rings. The van der Waals surface area contributed by atoms with Crippen LogP contribution in [0.4, 0.5) is 16.6 Å². The molecule has 0 radical (unpaired) electrons. The molecule has 186 valence electrons. The summed E-state index contributed by atoms with van der Waals surface area (Å²) in [6.07, 6.45) is 0. The Morgan fingerprint density at radius 2 is 1.72 bits per heavy atom. The molecule has 0 amide bonds. The summed E-state index contributed by atoms with van der Waals surface area (Å²) in [5.41, 5.74) is 1.81. The van der Waals surface area contributed by atoms with Gasteiger partial charge in [0.05, 0.1) is 27.5 Å². The van der Waals surface area contributed by atoms with Crippen molar-refractivity contribution in [1.82, 2.24) is 9.97 Å². The summed E-state index contributed by atoms with van der Waals surface area (Å²) in [5.74, 6) is 0.613. The van der Waals surface area contributed by atoms with Crippen LogP contribution >= 0.6 is 11.3 Å². The van der Waals surface area contributed by atoms with Crippen molar-refractivity contribution < 1.29 is 27.4 Å². The summed E-state index contributed by atoms with van der Waals surface area (Å²) in [7, 11) is -4.05. The molecule has 2 aromatic carbocycles. The molecule has 1 aliphatic rings. The lowest BCUT2D eigenvalue weighted by Crippen LogP contribution is -2.18. The molecule has 0 atom stereocenters. The average molecular weight is 527 g/mol. The quantitative estimate of drug-likeness (QED) is 0.335. The molecule has 3 heterocycles. The Labute approximate surface area is 211 Å². The number of carbonyl (C=O) groups excluding carboxylic acids is 1. The lowest BCUT2D eigenvalue weighted by Gasteiger charge is -2.19. The minimum absolute atomic E-state index is 0.00678. The molecule has 10 nitrogen and oxygen atoms in total. The maximum absolute atomic E-state index is 13.3. The van der Waals surface area contributed by atoms with E-state index in [0.29, 0.717) is 45.6 Å².